The highest BCUT2D eigenvalue weighted by Crippen LogP contribution is 2.39. The molecule has 9 heteroatoms. The van der Waals surface area contributed by atoms with E-state index in [9.17, 15) is 9.90 Å². The van der Waals surface area contributed by atoms with Gasteiger partial charge in [0.1, 0.15) is 0 Å². The summed E-state index contributed by atoms with van der Waals surface area (Å²) in [7, 11) is 1.82. The molecule has 0 saturated heterocycles. The molecule has 0 fully saturated rings. The Labute approximate surface area is 233 Å². The largest absolute Gasteiger partial charge is 0.374 e. The van der Waals surface area contributed by atoms with Crippen molar-refractivity contribution < 1.29 is 5.11 Å². The topological polar surface area (TPSA) is 88.7 Å². The van der Waals surface area contributed by atoms with Crippen LogP contribution in [0.2, 0.25) is 10.0 Å². The van der Waals surface area contributed by atoms with Gasteiger partial charge in [-0.25, -0.2) is 9.67 Å². The zero-order chi connectivity index (χ0) is 27.1. The number of fused-ring (bicyclic) bond motifs is 1. The molecule has 0 bridgehead atoms. The average molecular weight is 556 g/mol. The standard InChI is InChI=1S/C30H23Cl2N5O2/c1-36-18-33-17-27(36)30(39,20-5-8-22(31)9-6-20)21-7-12-26-24(16-21)28(32)25(29(38)35-26)15-19-3-10-23(11-4-19)37-14-2-13-34-37/h2-14,16-18,39H,15H2,1H3,(H,35,38). The fourth-order valence-corrected chi connectivity index (χ4v) is 5.36. The molecular formula is C30H23Cl2N5O2. The molecule has 0 aliphatic heterocycles. The molecule has 0 radical (unpaired) electrons. The molecule has 6 aromatic rings. The molecular weight excluding hydrogens is 533 g/mol. The summed E-state index contributed by atoms with van der Waals surface area (Å²) >= 11 is 13.0. The number of aryl methyl sites for hydroxylation is 1. The number of nitrogens with zero attached hydrogens (tertiary/aromatic N) is 4. The van der Waals surface area contributed by atoms with Crippen molar-refractivity contribution in [2.75, 3.05) is 0 Å². The number of nitrogens with one attached hydrogen (secondary N) is 1. The van der Waals surface area contributed by atoms with Crippen molar-refractivity contribution in [1.29, 1.82) is 0 Å². The molecule has 0 saturated carbocycles. The quantitative estimate of drug-likeness (QED) is 0.279. The summed E-state index contributed by atoms with van der Waals surface area (Å²) in [5.74, 6) is 0. The lowest BCUT2D eigenvalue weighted by molar-refractivity contribution is 0.117. The predicted octanol–water partition coefficient (Wildman–Crippen LogP) is 5.63. The number of aromatic nitrogens is 5. The van der Waals surface area contributed by atoms with Crippen molar-refractivity contribution in [3.05, 3.63) is 146 Å². The minimum absolute atomic E-state index is 0.254. The highest BCUT2D eigenvalue weighted by molar-refractivity contribution is 6.36. The Bertz CT molecular complexity index is 1840. The van der Waals surface area contributed by atoms with Crippen LogP contribution in [-0.2, 0) is 19.1 Å². The first-order valence-corrected chi connectivity index (χ1v) is 13.0. The van der Waals surface area contributed by atoms with E-state index in [1.165, 1.54) is 0 Å². The Morgan fingerprint density at radius 1 is 1.00 bits per heavy atom. The van der Waals surface area contributed by atoms with Crippen molar-refractivity contribution in [3.63, 3.8) is 0 Å². The van der Waals surface area contributed by atoms with Gasteiger partial charge in [-0.3, -0.25) is 4.79 Å². The van der Waals surface area contributed by atoms with Crippen LogP contribution in [0.1, 0.15) is 27.9 Å². The normalized spacial score (nSPS) is 13.0. The third-order valence-corrected chi connectivity index (χ3v) is 7.68. The van der Waals surface area contributed by atoms with Gasteiger partial charge in [0.05, 0.1) is 28.9 Å². The third-order valence-electron chi connectivity index (χ3n) is 7.00. The minimum Gasteiger partial charge on any atom is -0.374 e. The summed E-state index contributed by atoms with van der Waals surface area (Å²) in [5.41, 5.74) is 2.84. The van der Waals surface area contributed by atoms with Gasteiger partial charge in [-0.05, 0) is 59.2 Å². The minimum atomic E-state index is -1.55. The first-order chi connectivity index (χ1) is 18.8. The van der Waals surface area contributed by atoms with Crippen molar-refractivity contribution in [3.8, 4) is 5.69 Å². The number of rotatable bonds is 6. The molecule has 194 valence electrons. The van der Waals surface area contributed by atoms with Crippen molar-refractivity contribution >= 4 is 34.1 Å². The van der Waals surface area contributed by atoms with E-state index in [2.05, 4.69) is 15.1 Å². The van der Waals surface area contributed by atoms with Crippen molar-refractivity contribution in [2.45, 2.75) is 12.0 Å². The van der Waals surface area contributed by atoms with Gasteiger partial charge in [0.2, 0.25) is 0 Å². The predicted molar refractivity (Wildman–Crippen MR) is 153 cm³/mol. The molecule has 3 aromatic heterocycles. The van der Waals surface area contributed by atoms with Gasteiger partial charge in [-0.1, -0.05) is 53.5 Å². The van der Waals surface area contributed by atoms with E-state index in [4.69, 9.17) is 23.2 Å². The summed E-state index contributed by atoms with van der Waals surface area (Å²) in [4.78, 5) is 20.2. The SMILES string of the molecule is Cn1cncc1C(O)(c1ccc(Cl)cc1)c1ccc2[nH]c(=O)c(Cc3ccc(-n4cccn4)cc3)c(Cl)c2c1. The van der Waals surface area contributed by atoms with Gasteiger partial charge < -0.3 is 14.7 Å². The van der Waals surface area contributed by atoms with E-state index in [-0.39, 0.29) is 5.56 Å². The highest BCUT2D eigenvalue weighted by Gasteiger charge is 2.37. The Hall–Kier alpha value is -4.17. The number of imidazole rings is 1. The summed E-state index contributed by atoms with van der Waals surface area (Å²) in [5, 5.41) is 18.1. The van der Waals surface area contributed by atoms with E-state index in [0.29, 0.717) is 49.8 Å². The number of aromatic amines is 1. The molecule has 3 heterocycles. The van der Waals surface area contributed by atoms with Crippen LogP contribution in [0.25, 0.3) is 16.6 Å². The third kappa shape index (κ3) is 4.44. The lowest BCUT2D eigenvalue weighted by Gasteiger charge is -2.30. The fraction of sp³-hybridized carbons (Fsp3) is 0.100. The smallest absolute Gasteiger partial charge is 0.253 e. The van der Waals surface area contributed by atoms with E-state index >= 15 is 0 Å². The van der Waals surface area contributed by atoms with E-state index in [0.717, 1.165) is 11.3 Å². The van der Waals surface area contributed by atoms with Crippen LogP contribution in [-0.4, -0.2) is 29.4 Å². The maximum Gasteiger partial charge on any atom is 0.253 e. The van der Waals surface area contributed by atoms with Crippen LogP contribution in [0.15, 0.2) is 103 Å². The van der Waals surface area contributed by atoms with Crippen LogP contribution < -0.4 is 5.56 Å². The number of pyridine rings is 1. The second-order valence-corrected chi connectivity index (χ2v) is 10.2. The molecule has 0 spiro atoms. The maximum absolute atomic E-state index is 13.1. The fourth-order valence-electron chi connectivity index (χ4n) is 4.93. The van der Waals surface area contributed by atoms with Gasteiger partial charge in [0.15, 0.2) is 5.60 Å². The molecule has 0 aliphatic carbocycles. The Morgan fingerprint density at radius 3 is 2.41 bits per heavy atom. The number of hydrogen-bond donors (Lipinski definition) is 2. The molecule has 1 atom stereocenters. The van der Waals surface area contributed by atoms with Crippen LogP contribution in [0.3, 0.4) is 0 Å². The summed E-state index contributed by atoms with van der Waals surface area (Å²) in [6.07, 6.45) is 7.20. The first-order valence-electron chi connectivity index (χ1n) is 12.2. The number of benzene rings is 3. The monoisotopic (exact) mass is 555 g/mol. The molecule has 7 nitrogen and oxygen atoms in total. The lowest BCUT2D eigenvalue weighted by Crippen LogP contribution is -2.31. The zero-order valence-electron chi connectivity index (χ0n) is 20.8. The summed E-state index contributed by atoms with van der Waals surface area (Å²) < 4.78 is 3.54. The summed E-state index contributed by atoms with van der Waals surface area (Å²) in [6.45, 7) is 0. The van der Waals surface area contributed by atoms with Gasteiger partial charge in [0, 0.05) is 47.4 Å². The Morgan fingerprint density at radius 2 is 1.74 bits per heavy atom. The zero-order valence-corrected chi connectivity index (χ0v) is 22.4. The second kappa shape index (κ2) is 9.85. The van der Waals surface area contributed by atoms with E-state index < -0.39 is 5.60 Å². The average Bonchev–Trinajstić information content (AvgIpc) is 3.64. The Kier molecular flexibility index (Phi) is 6.35. The molecule has 3 aromatic carbocycles. The molecule has 39 heavy (non-hydrogen) atoms. The van der Waals surface area contributed by atoms with Crippen LogP contribution >= 0.6 is 23.2 Å². The van der Waals surface area contributed by atoms with Crippen LogP contribution in [0.5, 0.6) is 0 Å². The summed E-state index contributed by atoms with van der Waals surface area (Å²) in [6, 6.07) is 22.1. The number of aliphatic hydroxyl groups is 1. The number of halogens is 2. The van der Waals surface area contributed by atoms with Crippen molar-refractivity contribution in [1.82, 2.24) is 24.3 Å². The molecule has 1 unspecified atom stereocenters. The highest BCUT2D eigenvalue weighted by atomic mass is 35.5. The number of hydrogen-bond acceptors (Lipinski definition) is 4. The van der Waals surface area contributed by atoms with Gasteiger partial charge in [-0.2, -0.15) is 5.10 Å². The molecule has 0 amide bonds. The van der Waals surface area contributed by atoms with Gasteiger partial charge in [0.25, 0.3) is 5.56 Å². The van der Waals surface area contributed by atoms with Gasteiger partial charge >= 0.3 is 0 Å². The van der Waals surface area contributed by atoms with Crippen LogP contribution in [0, 0.1) is 0 Å². The maximum atomic E-state index is 13.1. The lowest BCUT2D eigenvalue weighted by atomic mass is 9.83. The van der Waals surface area contributed by atoms with E-state index in [1.54, 1.807) is 64.4 Å². The number of H-pyrrole nitrogens is 1. The molecule has 2 N–H and O–H groups in total. The first kappa shape index (κ1) is 25.1. The van der Waals surface area contributed by atoms with Crippen LogP contribution in [0.4, 0.5) is 0 Å². The van der Waals surface area contributed by atoms with Gasteiger partial charge in [-0.15, -0.1) is 0 Å². The second-order valence-electron chi connectivity index (χ2n) is 9.41. The van der Waals surface area contributed by atoms with Crippen molar-refractivity contribution in [2.24, 2.45) is 7.05 Å². The molecule has 6 rings (SSSR count). The van der Waals surface area contributed by atoms with E-state index in [1.807, 2.05) is 49.6 Å². The Balaban J connectivity index is 1.45. The molecule has 0 aliphatic rings.